The Labute approximate surface area is 174 Å². The summed E-state index contributed by atoms with van der Waals surface area (Å²) in [5.41, 5.74) is 6.69. The van der Waals surface area contributed by atoms with Gasteiger partial charge in [0.2, 0.25) is 10.0 Å². The molecule has 28 heavy (non-hydrogen) atoms. The minimum Gasteiger partial charge on any atom is -0.371 e. The Morgan fingerprint density at radius 3 is 2.61 bits per heavy atom. The molecule has 0 aliphatic rings. The van der Waals surface area contributed by atoms with E-state index in [0.29, 0.717) is 40.1 Å². The van der Waals surface area contributed by atoms with Gasteiger partial charge in [-0.2, -0.15) is 0 Å². The van der Waals surface area contributed by atoms with Crippen molar-refractivity contribution >= 4 is 38.7 Å². The van der Waals surface area contributed by atoms with Crippen LogP contribution in [0.4, 0.5) is 0 Å². The summed E-state index contributed by atoms with van der Waals surface area (Å²) >= 11 is 7.33. The van der Waals surface area contributed by atoms with Crippen LogP contribution in [0, 0.1) is 5.41 Å². The molecule has 152 valence electrons. The molecule has 0 atom stereocenters. The first-order valence-electron chi connectivity index (χ1n) is 8.69. The Bertz CT molecular complexity index is 898. The van der Waals surface area contributed by atoms with E-state index in [-0.39, 0.29) is 5.71 Å². The van der Waals surface area contributed by atoms with E-state index in [1.54, 1.807) is 42.8 Å². The number of hydrazine groups is 1. The van der Waals surface area contributed by atoms with Crippen molar-refractivity contribution in [1.29, 1.82) is 5.41 Å². The first-order valence-corrected chi connectivity index (χ1v) is 11.4. The summed E-state index contributed by atoms with van der Waals surface area (Å²) in [5.74, 6) is 0.631. The third kappa shape index (κ3) is 6.92. The highest BCUT2D eigenvalue weighted by Gasteiger charge is 2.13. The van der Waals surface area contributed by atoms with Crippen molar-refractivity contribution in [3.63, 3.8) is 0 Å². The van der Waals surface area contributed by atoms with E-state index in [4.69, 9.17) is 17.0 Å². The molecule has 2 aromatic rings. The minimum absolute atomic E-state index is 0.277. The number of unbranched alkanes of at least 4 members (excludes halogenated alkanes) is 1. The number of thiophene rings is 1. The standard InChI is InChI=1S/C18H24ClN5O2S2/c1-21-24-17(13-16(20)14-7-2-3-8-15(14)19)22-10-4-5-11-23-28(25,26)18-9-6-12-27-18/h2-3,6-9,12-13,20-24H,4-5,10-11H2,1H3/b17-13-,20-16?. The van der Waals surface area contributed by atoms with Crippen LogP contribution in [0.5, 0.6) is 0 Å². The summed E-state index contributed by atoms with van der Waals surface area (Å²) < 4.78 is 27.0. The molecule has 0 unspecified atom stereocenters. The van der Waals surface area contributed by atoms with Gasteiger partial charge in [-0.1, -0.05) is 35.9 Å². The van der Waals surface area contributed by atoms with Gasteiger partial charge in [0, 0.05) is 36.8 Å². The van der Waals surface area contributed by atoms with E-state index in [1.165, 1.54) is 11.3 Å². The quantitative estimate of drug-likeness (QED) is 0.198. The second kappa shape index (κ2) is 11.2. The molecule has 0 fully saturated rings. The highest BCUT2D eigenvalue weighted by Crippen LogP contribution is 2.16. The molecule has 1 aromatic heterocycles. The molecule has 0 spiro atoms. The Morgan fingerprint density at radius 2 is 1.93 bits per heavy atom. The van der Waals surface area contributed by atoms with Crippen molar-refractivity contribution in [2.24, 2.45) is 0 Å². The molecule has 0 aliphatic heterocycles. The van der Waals surface area contributed by atoms with Crippen molar-refractivity contribution in [3.8, 4) is 0 Å². The predicted molar refractivity (Wildman–Crippen MR) is 115 cm³/mol. The first-order chi connectivity index (χ1) is 13.4. The van der Waals surface area contributed by atoms with Crippen LogP contribution in [0.15, 0.2) is 57.9 Å². The first kappa shape index (κ1) is 22.4. The Morgan fingerprint density at radius 1 is 1.18 bits per heavy atom. The van der Waals surface area contributed by atoms with Crippen LogP contribution in [-0.2, 0) is 10.0 Å². The Kier molecular flexibility index (Phi) is 8.94. The Hall–Kier alpha value is -1.91. The maximum absolute atomic E-state index is 12.0. The minimum atomic E-state index is -3.41. The fourth-order valence-corrected chi connectivity index (χ4v) is 4.68. The van der Waals surface area contributed by atoms with E-state index < -0.39 is 10.0 Å². The van der Waals surface area contributed by atoms with Crippen LogP contribution in [0.1, 0.15) is 18.4 Å². The summed E-state index contributed by atoms with van der Waals surface area (Å²) in [7, 11) is -1.68. The zero-order chi connectivity index (χ0) is 20.4. The summed E-state index contributed by atoms with van der Waals surface area (Å²) in [6.45, 7) is 0.993. The van der Waals surface area contributed by atoms with Gasteiger partial charge in [0.25, 0.3) is 0 Å². The fraction of sp³-hybridized carbons (Fsp3) is 0.278. The molecule has 1 heterocycles. The van der Waals surface area contributed by atoms with Gasteiger partial charge in [-0.25, -0.2) is 18.6 Å². The van der Waals surface area contributed by atoms with Gasteiger partial charge in [-0.05, 0) is 30.4 Å². The molecule has 0 amide bonds. The smallest absolute Gasteiger partial charge is 0.250 e. The van der Waals surface area contributed by atoms with Crippen molar-refractivity contribution < 1.29 is 8.42 Å². The zero-order valence-corrected chi connectivity index (χ0v) is 17.8. The zero-order valence-electron chi connectivity index (χ0n) is 15.5. The van der Waals surface area contributed by atoms with E-state index >= 15 is 0 Å². The molecule has 0 bridgehead atoms. The Balaban J connectivity index is 1.79. The number of benzene rings is 1. The fourth-order valence-electron chi connectivity index (χ4n) is 2.33. The van der Waals surface area contributed by atoms with Crippen molar-refractivity contribution in [2.75, 3.05) is 20.1 Å². The van der Waals surface area contributed by atoms with Crippen molar-refractivity contribution in [1.82, 2.24) is 20.9 Å². The van der Waals surface area contributed by atoms with Crippen molar-refractivity contribution in [3.05, 3.63) is 64.3 Å². The van der Waals surface area contributed by atoms with Gasteiger partial charge < -0.3 is 16.2 Å². The number of hydrogen-bond acceptors (Lipinski definition) is 7. The van der Waals surface area contributed by atoms with E-state index in [2.05, 4.69) is 20.9 Å². The number of hydrogen-bond donors (Lipinski definition) is 5. The lowest BCUT2D eigenvalue weighted by atomic mass is 10.1. The second-order valence-electron chi connectivity index (χ2n) is 5.79. The van der Waals surface area contributed by atoms with E-state index in [1.807, 2.05) is 12.1 Å². The topological polar surface area (TPSA) is 106 Å². The van der Waals surface area contributed by atoms with Gasteiger partial charge in [-0.3, -0.25) is 0 Å². The summed E-state index contributed by atoms with van der Waals surface area (Å²) in [6, 6.07) is 10.5. The molecular weight excluding hydrogens is 418 g/mol. The maximum Gasteiger partial charge on any atom is 0.250 e. The van der Waals surface area contributed by atoms with Gasteiger partial charge in [0.05, 0.1) is 5.71 Å². The van der Waals surface area contributed by atoms with Crippen LogP contribution in [0.25, 0.3) is 0 Å². The normalized spacial score (nSPS) is 12.0. The lowest BCUT2D eigenvalue weighted by molar-refractivity contribution is 0.569. The largest absolute Gasteiger partial charge is 0.371 e. The van der Waals surface area contributed by atoms with Gasteiger partial charge in [-0.15, -0.1) is 11.3 Å². The molecule has 1 aromatic carbocycles. The van der Waals surface area contributed by atoms with Crippen LogP contribution in [0.2, 0.25) is 5.02 Å². The average Bonchev–Trinajstić information content (AvgIpc) is 3.20. The van der Waals surface area contributed by atoms with Crippen LogP contribution in [0.3, 0.4) is 0 Å². The summed E-state index contributed by atoms with van der Waals surface area (Å²) in [6.07, 6.45) is 3.10. The third-order valence-corrected chi connectivity index (χ3v) is 6.87. The van der Waals surface area contributed by atoms with E-state index in [9.17, 15) is 8.42 Å². The van der Waals surface area contributed by atoms with Gasteiger partial charge >= 0.3 is 0 Å². The molecule has 5 N–H and O–H groups in total. The van der Waals surface area contributed by atoms with Gasteiger partial charge in [0.1, 0.15) is 10.0 Å². The molecular formula is C18H24ClN5O2S2. The van der Waals surface area contributed by atoms with Crippen LogP contribution < -0.4 is 20.9 Å². The molecule has 2 rings (SSSR count). The number of sulfonamides is 1. The molecule has 0 aliphatic carbocycles. The molecule has 0 radical (unpaired) electrons. The SMILES string of the molecule is CNN/C(=C\C(=N)c1ccccc1Cl)NCCCCNS(=O)(=O)c1cccs1. The number of nitrogens with one attached hydrogen (secondary N) is 5. The highest BCUT2D eigenvalue weighted by molar-refractivity contribution is 7.91. The lowest BCUT2D eigenvalue weighted by Crippen LogP contribution is -2.35. The number of allylic oxidation sites excluding steroid dienone is 1. The summed E-state index contributed by atoms with van der Waals surface area (Å²) in [5, 5.41) is 13.7. The molecule has 10 heteroatoms. The highest BCUT2D eigenvalue weighted by atomic mass is 35.5. The van der Waals surface area contributed by atoms with Crippen LogP contribution in [-0.4, -0.2) is 34.3 Å². The molecule has 0 saturated heterocycles. The molecule has 0 saturated carbocycles. The van der Waals surface area contributed by atoms with E-state index in [0.717, 1.165) is 6.42 Å². The van der Waals surface area contributed by atoms with Crippen molar-refractivity contribution in [2.45, 2.75) is 17.1 Å². The number of halogens is 1. The third-order valence-electron chi connectivity index (χ3n) is 3.68. The maximum atomic E-state index is 12.0. The monoisotopic (exact) mass is 441 g/mol. The lowest BCUT2D eigenvalue weighted by Gasteiger charge is -2.13. The number of rotatable bonds is 12. The second-order valence-corrected chi connectivity index (χ2v) is 9.14. The molecule has 7 nitrogen and oxygen atoms in total. The predicted octanol–water partition coefficient (Wildman–Crippen LogP) is 2.68. The summed E-state index contributed by atoms with van der Waals surface area (Å²) in [4.78, 5) is 0. The van der Waals surface area contributed by atoms with Crippen LogP contribution >= 0.6 is 22.9 Å². The van der Waals surface area contributed by atoms with Gasteiger partial charge in [0.15, 0.2) is 0 Å². The average molecular weight is 442 g/mol.